The molecule has 2 aliphatic rings. The predicted octanol–water partition coefficient (Wildman–Crippen LogP) is 4.46. The van der Waals surface area contributed by atoms with Gasteiger partial charge in [0.15, 0.2) is 0 Å². The first-order chi connectivity index (χ1) is 12.5. The fraction of sp³-hybridized carbons (Fsp3) is 0.381. The zero-order valence-corrected chi connectivity index (χ0v) is 17.4. The number of likely N-dealkylation sites (tertiary alicyclic amines) is 1. The van der Waals surface area contributed by atoms with Crippen molar-refractivity contribution in [2.75, 3.05) is 19.6 Å². The summed E-state index contributed by atoms with van der Waals surface area (Å²) in [7, 11) is 0. The summed E-state index contributed by atoms with van der Waals surface area (Å²) in [5.41, 5.74) is 2.24. The van der Waals surface area contributed by atoms with Crippen molar-refractivity contribution < 1.29 is 4.79 Å². The highest BCUT2D eigenvalue weighted by atomic mass is 127. The molecule has 3 rings (SSSR count). The molecular formula is C21H26IN3O. The van der Waals surface area contributed by atoms with Gasteiger partial charge >= 0.3 is 6.03 Å². The van der Waals surface area contributed by atoms with Crippen molar-refractivity contribution in [3.05, 3.63) is 70.0 Å². The number of halogens is 1. The number of allylic oxidation sites excluding steroid dienone is 5. The second kappa shape index (κ2) is 8.39. The Labute approximate surface area is 169 Å². The third kappa shape index (κ3) is 4.57. The van der Waals surface area contributed by atoms with Crippen LogP contribution < -0.4 is 5.32 Å². The Morgan fingerprint density at radius 2 is 1.96 bits per heavy atom. The lowest BCUT2D eigenvalue weighted by atomic mass is 9.88. The van der Waals surface area contributed by atoms with E-state index in [-0.39, 0.29) is 11.6 Å². The number of hydrogen-bond acceptors (Lipinski definition) is 2. The van der Waals surface area contributed by atoms with Gasteiger partial charge < -0.3 is 5.32 Å². The fourth-order valence-electron chi connectivity index (χ4n) is 3.62. The number of carbonyl (C=O) groups is 1. The number of benzene rings is 1. The quantitative estimate of drug-likeness (QED) is 0.517. The van der Waals surface area contributed by atoms with Crippen molar-refractivity contribution in [2.45, 2.75) is 31.8 Å². The summed E-state index contributed by atoms with van der Waals surface area (Å²) in [6.45, 7) is 9.51. The summed E-state index contributed by atoms with van der Waals surface area (Å²) >= 11 is 2.23. The monoisotopic (exact) mass is 463 g/mol. The fourth-order valence-corrected chi connectivity index (χ4v) is 3.80. The number of piperidine rings is 1. The van der Waals surface area contributed by atoms with Crippen molar-refractivity contribution in [1.29, 1.82) is 0 Å². The first-order valence-electron chi connectivity index (χ1n) is 9.04. The van der Waals surface area contributed by atoms with Gasteiger partial charge in [0.05, 0.1) is 12.1 Å². The van der Waals surface area contributed by atoms with Crippen LogP contribution in [-0.2, 0) is 6.54 Å². The van der Waals surface area contributed by atoms with Gasteiger partial charge in [-0.25, -0.2) is 4.79 Å². The number of nitrogens with one attached hydrogen (secondary N) is 1. The maximum Gasteiger partial charge on any atom is 0.322 e. The van der Waals surface area contributed by atoms with Crippen LogP contribution in [0.4, 0.5) is 4.79 Å². The lowest BCUT2D eigenvalue weighted by Crippen LogP contribution is -2.52. The molecule has 0 saturated carbocycles. The summed E-state index contributed by atoms with van der Waals surface area (Å²) in [6.07, 6.45) is 7.78. The molecule has 1 aromatic carbocycles. The smallest absolute Gasteiger partial charge is 0.322 e. The van der Waals surface area contributed by atoms with Crippen LogP contribution in [0.1, 0.15) is 25.3 Å². The number of rotatable bonds is 5. The van der Waals surface area contributed by atoms with Gasteiger partial charge in [0.2, 0.25) is 0 Å². The largest absolute Gasteiger partial charge is 0.330 e. The lowest BCUT2D eigenvalue weighted by molar-refractivity contribution is 0.145. The molecule has 2 heterocycles. The van der Waals surface area contributed by atoms with E-state index in [0.29, 0.717) is 0 Å². The van der Waals surface area contributed by atoms with Gasteiger partial charge in [0.25, 0.3) is 0 Å². The van der Waals surface area contributed by atoms with Gasteiger partial charge in [-0.2, -0.15) is 0 Å². The summed E-state index contributed by atoms with van der Waals surface area (Å²) in [6, 6.07) is 10.6. The van der Waals surface area contributed by atoms with Crippen molar-refractivity contribution in [3.8, 4) is 0 Å². The maximum absolute atomic E-state index is 12.5. The van der Waals surface area contributed by atoms with Crippen LogP contribution in [0.2, 0.25) is 0 Å². The van der Waals surface area contributed by atoms with E-state index < -0.39 is 0 Å². The highest BCUT2D eigenvalue weighted by Crippen LogP contribution is 2.30. The third-order valence-corrected chi connectivity index (χ3v) is 6.04. The average molecular weight is 463 g/mol. The Bertz CT molecular complexity index is 718. The molecule has 2 amide bonds. The Hall–Kier alpha value is -1.60. The van der Waals surface area contributed by atoms with Gasteiger partial charge in [-0.05, 0) is 60.1 Å². The lowest BCUT2D eigenvalue weighted by Gasteiger charge is -2.38. The van der Waals surface area contributed by atoms with Crippen molar-refractivity contribution in [3.63, 3.8) is 0 Å². The van der Waals surface area contributed by atoms with E-state index in [9.17, 15) is 4.79 Å². The van der Waals surface area contributed by atoms with Crippen LogP contribution in [0.15, 0.2) is 64.4 Å². The van der Waals surface area contributed by atoms with Crippen LogP contribution in [0, 0.1) is 0 Å². The molecule has 2 aliphatic heterocycles. The maximum atomic E-state index is 12.5. The molecule has 0 atom stereocenters. The van der Waals surface area contributed by atoms with E-state index in [1.54, 1.807) is 6.08 Å². The van der Waals surface area contributed by atoms with E-state index in [2.05, 4.69) is 69.7 Å². The Morgan fingerprint density at radius 3 is 2.62 bits per heavy atom. The zero-order chi connectivity index (χ0) is 18.6. The number of hydrogen-bond donors (Lipinski definition) is 1. The first kappa shape index (κ1) is 19.2. The Morgan fingerprint density at radius 1 is 1.27 bits per heavy atom. The van der Waals surface area contributed by atoms with E-state index in [1.807, 2.05) is 24.0 Å². The molecule has 5 heteroatoms. The molecule has 1 spiro atoms. The first-order valence-corrected chi connectivity index (χ1v) is 10.1. The highest BCUT2D eigenvalue weighted by Gasteiger charge is 2.44. The van der Waals surface area contributed by atoms with E-state index in [1.165, 1.54) is 5.56 Å². The minimum Gasteiger partial charge on any atom is -0.330 e. The van der Waals surface area contributed by atoms with E-state index >= 15 is 0 Å². The van der Waals surface area contributed by atoms with Gasteiger partial charge in [-0.3, -0.25) is 9.80 Å². The molecule has 4 nitrogen and oxygen atoms in total. The van der Waals surface area contributed by atoms with Crippen LogP contribution in [-0.4, -0.2) is 41.0 Å². The normalized spacial score (nSPS) is 21.2. The van der Waals surface area contributed by atoms with Crippen molar-refractivity contribution in [2.24, 2.45) is 0 Å². The minimum absolute atomic E-state index is 0.0253. The number of urea groups is 1. The topological polar surface area (TPSA) is 35.6 Å². The Kier molecular flexibility index (Phi) is 6.19. The molecule has 0 aliphatic carbocycles. The van der Waals surface area contributed by atoms with Gasteiger partial charge in [-0.15, -0.1) is 0 Å². The minimum atomic E-state index is -0.0886. The van der Waals surface area contributed by atoms with Gasteiger partial charge in [0.1, 0.15) is 0 Å². The van der Waals surface area contributed by atoms with Crippen LogP contribution in [0.5, 0.6) is 0 Å². The van der Waals surface area contributed by atoms with Crippen molar-refractivity contribution >= 4 is 28.6 Å². The molecule has 2 fully saturated rings. The molecule has 0 aromatic heterocycles. The summed E-state index contributed by atoms with van der Waals surface area (Å²) in [4.78, 5) is 16.8. The van der Waals surface area contributed by atoms with E-state index in [4.69, 9.17) is 0 Å². The SMILES string of the molecule is C=C/C(I)=C\C=C(/C)N1CC2(CCN(Cc3ccccc3)CC2)NC1=O. The summed E-state index contributed by atoms with van der Waals surface area (Å²) in [5.74, 6) is 0. The zero-order valence-electron chi connectivity index (χ0n) is 15.2. The predicted molar refractivity (Wildman–Crippen MR) is 115 cm³/mol. The second-order valence-corrected chi connectivity index (χ2v) is 8.37. The van der Waals surface area contributed by atoms with Crippen LogP contribution in [0.25, 0.3) is 0 Å². The van der Waals surface area contributed by atoms with Gasteiger partial charge in [0, 0.05) is 28.9 Å². The van der Waals surface area contributed by atoms with Gasteiger partial charge in [-0.1, -0.05) is 43.0 Å². The molecule has 2 saturated heterocycles. The van der Waals surface area contributed by atoms with Crippen LogP contribution in [0.3, 0.4) is 0 Å². The second-order valence-electron chi connectivity index (χ2n) is 7.12. The van der Waals surface area contributed by atoms with Crippen molar-refractivity contribution in [1.82, 2.24) is 15.1 Å². The molecule has 0 radical (unpaired) electrons. The standard InChI is InChI=1S/C21H26IN3O/c1-3-19(22)10-9-17(2)25-16-21(23-20(25)26)11-13-24(14-12-21)15-18-7-5-4-6-8-18/h3-10H,1,11-16H2,2H3,(H,23,26)/b17-9+,19-10+. The molecule has 1 aromatic rings. The molecule has 1 N–H and O–H groups in total. The number of carbonyl (C=O) groups excluding carboxylic acids is 1. The Balaban J connectivity index is 1.59. The molecule has 26 heavy (non-hydrogen) atoms. The third-order valence-electron chi connectivity index (χ3n) is 5.24. The molecular weight excluding hydrogens is 437 g/mol. The molecule has 138 valence electrons. The number of nitrogens with zero attached hydrogens (tertiary/aromatic N) is 2. The molecule has 0 bridgehead atoms. The summed E-state index contributed by atoms with van der Waals surface area (Å²) in [5, 5.41) is 3.26. The summed E-state index contributed by atoms with van der Waals surface area (Å²) < 4.78 is 1.06. The number of amides is 2. The average Bonchev–Trinajstić information content (AvgIpc) is 2.98. The van der Waals surface area contributed by atoms with Crippen LogP contribution >= 0.6 is 22.6 Å². The van der Waals surface area contributed by atoms with E-state index in [0.717, 1.165) is 48.3 Å². The molecule has 0 unspecified atom stereocenters. The highest BCUT2D eigenvalue weighted by molar-refractivity contribution is 14.1.